The molecule has 18 heteroatoms. The number of ether oxygens (including phenoxy) is 10. The number of aliphatic hydroxyl groups is 1. The van der Waals surface area contributed by atoms with E-state index < -0.39 is 116 Å². The Morgan fingerprint density at radius 2 is 0.557 bits per heavy atom. The molecular weight excluding hydrogens is 1020 g/mol. The number of hydrogen-bond donors (Lipinski definition) is 1. The predicted molar refractivity (Wildman–Crippen MR) is 276 cm³/mol. The first-order chi connectivity index (χ1) is 38.5. The van der Waals surface area contributed by atoms with Gasteiger partial charge in [-0.2, -0.15) is 0 Å². The number of benzene rings is 7. The third-order valence-electron chi connectivity index (χ3n) is 12.5. The summed E-state index contributed by atoms with van der Waals surface area (Å²) in [4.78, 5) is 98.6. The second-order valence-corrected chi connectivity index (χ2v) is 17.8. The first kappa shape index (κ1) is 54.5. The first-order valence-electron chi connectivity index (χ1n) is 24.9. The van der Waals surface area contributed by atoms with Gasteiger partial charge in [-0.05, 0) is 84.9 Å². The number of esters is 7. The van der Waals surface area contributed by atoms with Crippen LogP contribution in [-0.2, 0) is 47.4 Å². The summed E-state index contributed by atoms with van der Waals surface area (Å²) in [6, 6.07) is 54.1. The normalized spacial score (nSPS) is 22.4. The molecule has 0 radical (unpaired) electrons. The summed E-state index contributed by atoms with van der Waals surface area (Å²) >= 11 is 0. The van der Waals surface area contributed by atoms with Gasteiger partial charge in [0.25, 0.3) is 0 Å². The van der Waals surface area contributed by atoms with Crippen LogP contribution in [0.4, 0.5) is 0 Å². The fourth-order valence-corrected chi connectivity index (χ4v) is 8.59. The van der Waals surface area contributed by atoms with E-state index in [2.05, 4.69) is 0 Å². The van der Waals surface area contributed by atoms with E-state index in [1.165, 1.54) is 84.9 Å². The molecular formula is C61H50O18. The molecule has 0 spiro atoms. The van der Waals surface area contributed by atoms with Gasteiger partial charge in [-0.15, -0.1) is 0 Å². The van der Waals surface area contributed by atoms with E-state index in [1.54, 1.807) is 127 Å². The monoisotopic (exact) mass is 1070 g/mol. The highest BCUT2D eigenvalue weighted by Gasteiger charge is 2.58. The molecule has 0 amide bonds. The lowest BCUT2D eigenvalue weighted by molar-refractivity contribution is -0.352. The molecule has 2 heterocycles. The summed E-state index contributed by atoms with van der Waals surface area (Å²) in [5, 5.41) is 11.9. The van der Waals surface area contributed by atoms with Crippen LogP contribution in [0.1, 0.15) is 72.5 Å². The van der Waals surface area contributed by atoms with E-state index >= 15 is 0 Å². The van der Waals surface area contributed by atoms with E-state index in [0.29, 0.717) is 0 Å². The van der Waals surface area contributed by atoms with E-state index in [-0.39, 0.29) is 38.9 Å². The smallest absolute Gasteiger partial charge is 0.338 e. The average molecular weight is 1070 g/mol. The summed E-state index contributed by atoms with van der Waals surface area (Å²) in [6.45, 7) is -1.50. The molecule has 2 saturated heterocycles. The van der Waals surface area contributed by atoms with Crippen molar-refractivity contribution >= 4 is 41.8 Å². The maximum atomic E-state index is 14.5. The van der Waals surface area contributed by atoms with E-state index in [9.17, 15) is 38.7 Å². The second kappa shape index (κ2) is 26.1. The number of carbonyl (C=O) groups is 7. The predicted octanol–water partition coefficient (Wildman–Crippen LogP) is 7.66. The molecule has 0 saturated carbocycles. The first-order valence-corrected chi connectivity index (χ1v) is 24.9. The zero-order valence-electron chi connectivity index (χ0n) is 41.8. The highest BCUT2D eigenvalue weighted by molar-refractivity contribution is 5.93. The van der Waals surface area contributed by atoms with Gasteiger partial charge in [-0.25, -0.2) is 33.6 Å². The van der Waals surface area contributed by atoms with Crippen molar-refractivity contribution in [2.75, 3.05) is 13.2 Å². The fourth-order valence-electron chi connectivity index (χ4n) is 8.59. The summed E-state index contributed by atoms with van der Waals surface area (Å²) in [7, 11) is 0. The zero-order chi connectivity index (χ0) is 55.1. The maximum absolute atomic E-state index is 14.5. The van der Waals surface area contributed by atoms with Crippen LogP contribution in [0.3, 0.4) is 0 Å². The molecule has 1 N–H and O–H groups in total. The van der Waals surface area contributed by atoms with Crippen LogP contribution in [0.15, 0.2) is 212 Å². The third-order valence-corrected chi connectivity index (χ3v) is 12.5. The Balaban J connectivity index is 1.18. The van der Waals surface area contributed by atoms with Crippen LogP contribution >= 0.6 is 0 Å². The molecule has 7 aromatic rings. The minimum absolute atomic E-state index is 0.00210. The topological polar surface area (TPSA) is 232 Å². The number of carbonyl (C=O) groups excluding carboxylic acids is 7. The molecule has 9 rings (SSSR count). The van der Waals surface area contributed by atoms with Gasteiger partial charge in [0, 0.05) is 0 Å². The minimum atomic E-state index is -2.12. The van der Waals surface area contributed by atoms with Crippen LogP contribution < -0.4 is 0 Å². The summed E-state index contributed by atoms with van der Waals surface area (Å²) in [6.07, 6.45) is -19.0. The number of hydrogen-bond acceptors (Lipinski definition) is 18. The molecule has 7 aromatic carbocycles. The Bertz CT molecular complexity index is 3170. The highest BCUT2D eigenvalue weighted by atomic mass is 16.8. The number of rotatable bonds is 18. The van der Waals surface area contributed by atoms with Gasteiger partial charge in [-0.3, -0.25) is 0 Å². The molecule has 0 aromatic heterocycles. The Kier molecular flexibility index (Phi) is 18.0. The SMILES string of the molecule is O=C(OC[C@H]1O[C@H](O)[C@H](OC(=O)c2ccccc2)[C@@H](OC(=O)c2ccccc2)[C@H]1O[C@@H]1O[C@H](COC(=O)c2ccccc2)[C@@H](OC(=O)c2ccccc2)[C@H](OC(=O)c2ccccc2)[C@H]1OC(=O)c1ccccc1)c1ccccc1. The molecule has 402 valence electrons. The standard InChI is InChI=1S/C61H50O18/c62-53(38-22-8-1-9-23-38)70-36-45-48(49(75-56(65)41-28-14-4-15-29-41)51(60(69)72-45)77-58(67)43-32-18-6-19-33-43)79-61-52(78-59(68)44-34-20-7-21-35-44)50(76-57(66)42-30-16-5-17-31-42)47(74-55(64)40-26-12-3-13-27-40)46(73-61)37-71-54(63)39-24-10-2-11-25-39/h1-35,45-52,60-61,69H,36-37H2/t45-,46-,47-,48+,49+,50+,51-,52-,60+,61+/m1/s1. The molecule has 2 aliphatic rings. The van der Waals surface area contributed by atoms with Crippen molar-refractivity contribution < 1.29 is 86.0 Å². The van der Waals surface area contributed by atoms with Crippen molar-refractivity contribution in [2.24, 2.45) is 0 Å². The summed E-state index contributed by atoms with van der Waals surface area (Å²) in [5.41, 5.74) is 0.298. The molecule has 0 unspecified atom stereocenters. The van der Waals surface area contributed by atoms with Crippen molar-refractivity contribution in [1.29, 1.82) is 0 Å². The second-order valence-electron chi connectivity index (χ2n) is 17.8. The quantitative estimate of drug-likeness (QED) is 0.0642. The van der Waals surface area contributed by atoms with E-state index in [4.69, 9.17) is 47.4 Å². The third kappa shape index (κ3) is 13.8. The molecule has 10 atom stereocenters. The van der Waals surface area contributed by atoms with Gasteiger partial charge in [-0.1, -0.05) is 127 Å². The zero-order valence-corrected chi connectivity index (χ0v) is 41.8. The Hall–Kier alpha value is -9.33. The summed E-state index contributed by atoms with van der Waals surface area (Å²) < 4.78 is 62.0. The molecule has 2 fully saturated rings. The van der Waals surface area contributed by atoms with Crippen LogP contribution in [0.25, 0.3) is 0 Å². The lowest BCUT2D eigenvalue weighted by Gasteiger charge is -2.48. The Morgan fingerprint density at radius 3 is 0.886 bits per heavy atom. The van der Waals surface area contributed by atoms with Crippen molar-refractivity contribution in [3.05, 3.63) is 251 Å². The van der Waals surface area contributed by atoms with E-state index in [1.807, 2.05) is 0 Å². The van der Waals surface area contributed by atoms with Gasteiger partial charge in [0.05, 0.1) is 38.9 Å². The van der Waals surface area contributed by atoms with Crippen LogP contribution in [0.5, 0.6) is 0 Å². The Morgan fingerprint density at radius 1 is 0.304 bits per heavy atom. The fraction of sp³-hybridized carbons (Fsp3) is 0.197. The molecule has 2 aliphatic heterocycles. The van der Waals surface area contributed by atoms with Crippen LogP contribution in [-0.4, -0.2) is 122 Å². The van der Waals surface area contributed by atoms with Crippen molar-refractivity contribution in [3.8, 4) is 0 Å². The van der Waals surface area contributed by atoms with Crippen LogP contribution in [0.2, 0.25) is 0 Å². The summed E-state index contributed by atoms with van der Waals surface area (Å²) in [5.74, 6) is -6.72. The van der Waals surface area contributed by atoms with E-state index in [0.717, 1.165) is 0 Å². The minimum Gasteiger partial charge on any atom is -0.459 e. The highest BCUT2D eigenvalue weighted by Crippen LogP contribution is 2.36. The Labute approximate surface area is 452 Å². The van der Waals surface area contributed by atoms with Crippen LogP contribution in [0, 0.1) is 0 Å². The average Bonchev–Trinajstić information content (AvgIpc) is 3.51. The van der Waals surface area contributed by atoms with Crippen molar-refractivity contribution in [2.45, 2.75) is 61.4 Å². The number of aliphatic hydroxyl groups excluding tert-OH is 1. The molecule has 79 heavy (non-hydrogen) atoms. The van der Waals surface area contributed by atoms with Gasteiger partial charge < -0.3 is 52.5 Å². The van der Waals surface area contributed by atoms with Gasteiger partial charge in [0.15, 0.2) is 43.1 Å². The lowest BCUT2D eigenvalue weighted by atomic mass is 9.95. The molecule has 0 aliphatic carbocycles. The largest absolute Gasteiger partial charge is 0.459 e. The maximum Gasteiger partial charge on any atom is 0.338 e. The molecule has 0 bridgehead atoms. The lowest BCUT2D eigenvalue weighted by Crippen LogP contribution is -2.67. The van der Waals surface area contributed by atoms with Crippen molar-refractivity contribution in [3.63, 3.8) is 0 Å². The van der Waals surface area contributed by atoms with Gasteiger partial charge in [0.2, 0.25) is 0 Å². The van der Waals surface area contributed by atoms with Gasteiger partial charge >= 0.3 is 41.8 Å². The molecule has 18 nitrogen and oxygen atoms in total. The van der Waals surface area contributed by atoms with Crippen molar-refractivity contribution in [1.82, 2.24) is 0 Å². The van der Waals surface area contributed by atoms with Gasteiger partial charge in [0.1, 0.15) is 31.5 Å².